The molecule has 2 heterocycles. The molecule has 0 radical (unpaired) electrons. The van der Waals surface area contributed by atoms with Crippen LogP contribution in [0.4, 0.5) is 4.79 Å². The van der Waals surface area contributed by atoms with Crippen molar-refractivity contribution in [2.24, 2.45) is 0 Å². The van der Waals surface area contributed by atoms with Gasteiger partial charge >= 0.3 is 6.03 Å². The molecule has 6 nitrogen and oxygen atoms in total. The van der Waals surface area contributed by atoms with Gasteiger partial charge in [0.15, 0.2) is 5.54 Å². The van der Waals surface area contributed by atoms with Crippen molar-refractivity contribution in [1.82, 2.24) is 10.2 Å². The molecule has 1 fully saturated rings. The molecule has 0 bridgehead atoms. The maximum atomic E-state index is 12.2. The lowest BCUT2D eigenvalue weighted by Crippen LogP contribution is -2.40. The van der Waals surface area contributed by atoms with Gasteiger partial charge in [0.25, 0.3) is 5.91 Å². The van der Waals surface area contributed by atoms with Gasteiger partial charge in [-0.1, -0.05) is 0 Å². The monoisotopic (exact) mass is 238 g/mol. The van der Waals surface area contributed by atoms with E-state index < -0.39 is 11.6 Å². The van der Waals surface area contributed by atoms with Gasteiger partial charge in [0.1, 0.15) is 5.76 Å². The normalized spacial score (nSPS) is 24.2. The van der Waals surface area contributed by atoms with E-state index in [1.165, 1.54) is 13.4 Å². The molecule has 0 unspecified atom stereocenters. The molecule has 0 aliphatic carbocycles. The Morgan fingerprint density at radius 3 is 2.88 bits per heavy atom. The molecule has 1 saturated heterocycles. The van der Waals surface area contributed by atoms with Gasteiger partial charge < -0.3 is 14.5 Å². The first-order valence-electron chi connectivity index (χ1n) is 5.26. The number of hydrogen-bond acceptors (Lipinski definition) is 4. The average molecular weight is 238 g/mol. The molecule has 0 spiro atoms. The lowest BCUT2D eigenvalue weighted by Gasteiger charge is -2.18. The van der Waals surface area contributed by atoms with E-state index in [2.05, 4.69) is 5.32 Å². The first-order chi connectivity index (χ1) is 8.09. The van der Waals surface area contributed by atoms with Crippen molar-refractivity contribution in [3.63, 3.8) is 0 Å². The first kappa shape index (κ1) is 11.7. The lowest BCUT2D eigenvalue weighted by molar-refractivity contribution is -0.132. The SMILES string of the molecule is COCCN1C(=O)N[C@@](C)(c2ccco2)C1=O. The Morgan fingerprint density at radius 2 is 2.29 bits per heavy atom. The van der Waals surface area contributed by atoms with Crippen molar-refractivity contribution in [3.8, 4) is 0 Å². The van der Waals surface area contributed by atoms with Crippen LogP contribution in [0.3, 0.4) is 0 Å². The summed E-state index contributed by atoms with van der Waals surface area (Å²) in [6, 6.07) is 2.92. The van der Waals surface area contributed by atoms with Crippen LogP contribution in [0, 0.1) is 0 Å². The maximum absolute atomic E-state index is 12.2. The minimum absolute atomic E-state index is 0.234. The molecule has 3 amide bonds. The Hall–Kier alpha value is -1.82. The fourth-order valence-corrected chi connectivity index (χ4v) is 1.81. The molecule has 1 atom stereocenters. The zero-order valence-electron chi connectivity index (χ0n) is 9.73. The van der Waals surface area contributed by atoms with E-state index in [-0.39, 0.29) is 12.5 Å². The topological polar surface area (TPSA) is 71.8 Å². The quantitative estimate of drug-likeness (QED) is 0.783. The van der Waals surface area contributed by atoms with E-state index >= 15 is 0 Å². The summed E-state index contributed by atoms with van der Waals surface area (Å²) < 4.78 is 10.1. The molecular formula is C11H14N2O4. The van der Waals surface area contributed by atoms with Crippen LogP contribution in [0.25, 0.3) is 0 Å². The third kappa shape index (κ3) is 1.80. The van der Waals surface area contributed by atoms with Crippen molar-refractivity contribution in [3.05, 3.63) is 24.2 Å². The van der Waals surface area contributed by atoms with E-state index in [0.717, 1.165) is 4.90 Å². The highest BCUT2D eigenvalue weighted by Gasteiger charge is 2.50. The second-order valence-corrected chi connectivity index (χ2v) is 3.98. The molecule has 0 saturated carbocycles. The largest absolute Gasteiger partial charge is 0.466 e. The number of urea groups is 1. The fourth-order valence-electron chi connectivity index (χ4n) is 1.81. The van der Waals surface area contributed by atoms with Gasteiger partial charge in [-0.15, -0.1) is 0 Å². The lowest BCUT2D eigenvalue weighted by atomic mass is 9.99. The smallest absolute Gasteiger partial charge is 0.325 e. The third-order valence-electron chi connectivity index (χ3n) is 2.81. The fraction of sp³-hybridized carbons (Fsp3) is 0.455. The van der Waals surface area contributed by atoms with Crippen LogP contribution >= 0.6 is 0 Å². The van der Waals surface area contributed by atoms with Crippen LogP contribution in [0.15, 0.2) is 22.8 Å². The highest BCUT2D eigenvalue weighted by molar-refractivity contribution is 6.06. The summed E-state index contributed by atoms with van der Waals surface area (Å²) in [6.45, 7) is 2.17. The van der Waals surface area contributed by atoms with Crippen LogP contribution in [0.1, 0.15) is 12.7 Å². The van der Waals surface area contributed by atoms with Gasteiger partial charge in [-0.05, 0) is 19.1 Å². The number of nitrogens with zero attached hydrogens (tertiary/aromatic N) is 1. The Bertz CT molecular complexity index is 429. The summed E-state index contributed by atoms with van der Waals surface area (Å²) in [7, 11) is 1.52. The minimum Gasteiger partial charge on any atom is -0.466 e. The summed E-state index contributed by atoms with van der Waals surface area (Å²) in [4.78, 5) is 25.0. The second-order valence-electron chi connectivity index (χ2n) is 3.98. The molecule has 1 aliphatic heterocycles. The number of ether oxygens (including phenoxy) is 1. The molecule has 1 aromatic rings. The molecule has 17 heavy (non-hydrogen) atoms. The average Bonchev–Trinajstić information content (AvgIpc) is 2.88. The van der Waals surface area contributed by atoms with E-state index in [9.17, 15) is 9.59 Å². The van der Waals surface area contributed by atoms with Gasteiger partial charge in [0.05, 0.1) is 19.4 Å². The number of rotatable bonds is 4. The number of imide groups is 1. The predicted molar refractivity (Wildman–Crippen MR) is 58.2 cm³/mol. The van der Waals surface area contributed by atoms with E-state index in [1.807, 2.05) is 0 Å². The number of furan rings is 1. The van der Waals surface area contributed by atoms with Crippen molar-refractivity contribution in [1.29, 1.82) is 0 Å². The van der Waals surface area contributed by atoms with Gasteiger partial charge in [-0.3, -0.25) is 9.69 Å². The van der Waals surface area contributed by atoms with E-state index in [4.69, 9.17) is 9.15 Å². The van der Waals surface area contributed by atoms with Crippen LogP contribution in [-0.4, -0.2) is 37.1 Å². The van der Waals surface area contributed by atoms with Gasteiger partial charge in [0.2, 0.25) is 0 Å². The van der Waals surface area contributed by atoms with E-state index in [1.54, 1.807) is 19.1 Å². The zero-order valence-corrected chi connectivity index (χ0v) is 9.73. The number of hydrogen-bond donors (Lipinski definition) is 1. The van der Waals surface area contributed by atoms with Gasteiger partial charge in [0, 0.05) is 7.11 Å². The third-order valence-corrected chi connectivity index (χ3v) is 2.81. The van der Waals surface area contributed by atoms with Crippen LogP contribution in [0.5, 0.6) is 0 Å². The van der Waals surface area contributed by atoms with Gasteiger partial charge in [-0.25, -0.2) is 4.79 Å². The molecule has 6 heteroatoms. The number of nitrogens with one attached hydrogen (secondary N) is 1. The predicted octanol–water partition coefficient (Wildman–Crippen LogP) is 0.693. The molecule has 2 rings (SSSR count). The number of methoxy groups -OCH3 is 1. The Morgan fingerprint density at radius 1 is 1.53 bits per heavy atom. The Kier molecular flexibility index (Phi) is 2.89. The standard InChI is InChI=1S/C11H14N2O4/c1-11(8-4-3-6-17-8)9(14)13(5-7-16-2)10(15)12-11/h3-4,6H,5,7H2,1-2H3,(H,12,15)/t11-/m0/s1. The molecule has 0 aromatic carbocycles. The summed E-state index contributed by atoms with van der Waals surface area (Å²) in [5.41, 5.74) is -1.12. The highest BCUT2D eigenvalue weighted by atomic mass is 16.5. The zero-order chi connectivity index (χ0) is 12.5. The summed E-state index contributed by atoms with van der Waals surface area (Å²) in [6.07, 6.45) is 1.47. The van der Waals surface area contributed by atoms with Gasteiger partial charge in [-0.2, -0.15) is 0 Å². The summed E-state index contributed by atoms with van der Waals surface area (Å²) in [5, 5.41) is 2.63. The van der Waals surface area contributed by atoms with E-state index in [0.29, 0.717) is 12.4 Å². The number of carbonyl (C=O) groups is 2. The summed E-state index contributed by atoms with van der Waals surface area (Å²) in [5.74, 6) is 0.102. The summed E-state index contributed by atoms with van der Waals surface area (Å²) >= 11 is 0. The van der Waals surface area contributed by atoms with Crippen LogP contribution in [0.2, 0.25) is 0 Å². The minimum atomic E-state index is -1.12. The van der Waals surface area contributed by atoms with Crippen LogP contribution in [-0.2, 0) is 15.1 Å². The first-order valence-corrected chi connectivity index (χ1v) is 5.26. The molecule has 1 aliphatic rings. The number of amides is 3. The highest BCUT2D eigenvalue weighted by Crippen LogP contribution is 2.28. The Labute approximate surface area is 98.5 Å². The van der Waals surface area contributed by atoms with Crippen molar-refractivity contribution < 1.29 is 18.7 Å². The second kappa shape index (κ2) is 4.21. The molecule has 1 aromatic heterocycles. The van der Waals surface area contributed by atoms with Crippen molar-refractivity contribution in [2.75, 3.05) is 20.3 Å². The van der Waals surface area contributed by atoms with Crippen LogP contribution < -0.4 is 5.32 Å². The van der Waals surface area contributed by atoms with Crippen molar-refractivity contribution in [2.45, 2.75) is 12.5 Å². The molecule has 92 valence electrons. The molecule has 1 N–H and O–H groups in total. The Balaban J connectivity index is 2.23. The number of carbonyl (C=O) groups excluding carboxylic acids is 2. The van der Waals surface area contributed by atoms with Crippen molar-refractivity contribution >= 4 is 11.9 Å². The maximum Gasteiger partial charge on any atom is 0.325 e. The molecular weight excluding hydrogens is 224 g/mol.